The number of fused-ring (bicyclic) bond motifs is 1. The Balaban J connectivity index is 2.07. The fraction of sp³-hybridized carbons (Fsp3) is 1.00. The van der Waals surface area contributed by atoms with Crippen LogP contribution in [0.25, 0.3) is 0 Å². The molecule has 1 N–H and O–H groups in total. The highest BCUT2D eigenvalue weighted by atomic mass is 16.3. The topological polar surface area (TPSA) is 20.2 Å². The zero-order chi connectivity index (χ0) is 8.22. The van der Waals surface area contributed by atoms with Crippen LogP contribution in [0.4, 0.5) is 0 Å². The summed E-state index contributed by atoms with van der Waals surface area (Å²) in [6, 6.07) is 0. The van der Waals surface area contributed by atoms with Crippen LogP contribution in [0.5, 0.6) is 0 Å². The van der Waals surface area contributed by atoms with Gasteiger partial charge in [-0.05, 0) is 36.0 Å². The molecule has 1 heteroatoms. The van der Waals surface area contributed by atoms with Crippen molar-refractivity contribution in [2.24, 2.45) is 23.2 Å². The summed E-state index contributed by atoms with van der Waals surface area (Å²) >= 11 is 0. The minimum absolute atomic E-state index is 0.0157. The van der Waals surface area contributed by atoms with Gasteiger partial charge in [0.1, 0.15) is 0 Å². The normalized spacial score (nSPS) is 53.5. The minimum atomic E-state index is -0.0157. The average molecular weight is 154 g/mol. The van der Waals surface area contributed by atoms with E-state index in [0.29, 0.717) is 11.3 Å². The molecule has 0 aromatic heterocycles. The largest absolute Gasteiger partial charge is 0.393 e. The zero-order valence-corrected chi connectivity index (χ0v) is 7.67. The van der Waals surface area contributed by atoms with Crippen LogP contribution in [0.1, 0.15) is 33.6 Å². The predicted molar refractivity (Wildman–Crippen MR) is 45.2 cm³/mol. The number of hydrogen-bond acceptors (Lipinski definition) is 1. The van der Waals surface area contributed by atoms with E-state index < -0.39 is 0 Å². The van der Waals surface area contributed by atoms with Gasteiger partial charge < -0.3 is 5.11 Å². The van der Waals surface area contributed by atoms with Gasteiger partial charge >= 0.3 is 0 Å². The zero-order valence-electron chi connectivity index (χ0n) is 7.67. The van der Waals surface area contributed by atoms with Crippen LogP contribution in [-0.2, 0) is 0 Å². The van der Waals surface area contributed by atoms with Crippen LogP contribution >= 0.6 is 0 Å². The Morgan fingerprint density at radius 3 is 2.27 bits per heavy atom. The van der Waals surface area contributed by atoms with Crippen molar-refractivity contribution in [2.45, 2.75) is 39.7 Å². The first-order chi connectivity index (χ1) is 5.03. The minimum Gasteiger partial charge on any atom is -0.393 e. The fourth-order valence-corrected chi connectivity index (χ4v) is 2.84. The van der Waals surface area contributed by atoms with Gasteiger partial charge in [-0.25, -0.2) is 0 Å². The Hall–Kier alpha value is -0.0400. The van der Waals surface area contributed by atoms with Crippen molar-refractivity contribution in [2.75, 3.05) is 0 Å². The van der Waals surface area contributed by atoms with Gasteiger partial charge in [-0.2, -0.15) is 0 Å². The third-order valence-corrected chi connectivity index (χ3v) is 4.07. The maximum Gasteiger partial charge on any atom is 0.0568 e. The van der Waals surface area contributed by atoms with Crippen molar-refractivity contribution in [3.05, 3.63) is 0 Å². The van der Waals surface area contributed by atoms with E-state index in [0.717, 1.165) is 18.3 Å². The third-order valence-electron chi connectivity index (χ3n) is 4.07. The van der Waals surface area contributed by atoms with Crippen LogP contribution in [0.3, 0.4) is 0 Å². The number of aliphatic hydroxyl groups excluding tert-OH is 1. The Morgan fingerprint density at radius 2 is 1.73 bits per heavy atom. The molecule has 0 bridgehead atoms. The third kappa shape index (κ3) is 0.936. The first kappa shape index (κ1) is 7.60. The Morgan fingerprint density at radius 1 is 1.18 bits per heavy atom. The molecule has 0 aromatic carbocycles. The second-order valence-corrected chi connectivity index (χ2v) is 5.05. The molecule has 0 amide bonds. The first-order valence-electron chi connectivity index (χ1n) is 4.71. The van der Waals surface area contributed by atoms with Gasteiger partial charge in [-0.1, -0.05) is 20.8 Å². The van der Waals surface area contributed by atoms with Gasteiger partial charge in [0, 0.05) is 0 Å². The van der Waals surface area contributed by atoms with Crippen LogP contribution < -0.4 is 0 Å². The molecule has 11 heavy (non-hydrogen) atoms. The molecule has 2 aliphatic carbocycles. The van der Waals surface area contributed by atoms with E-state index in [1.54, 1.807) is 0 Å². The molecule has 0 aliphatic heterocycles. The Kier molecular flexibility index (Phi) is 1.39. The molecule has 4 atom stereocenters. The maximum absolute atomic E-state index is 9.61. The summed E-state index contributed by atoms with van der Waals surface area (Å²) in [6.45, 7) is 6.86. The second-order valence-electron chi connectivity index (χ2n) is 5.05. The van der Waals surface area contributed by atoms with Crippen LogP contribution in [0, 0.1) is 23.2 Å². The number of aliphatic hydroxyl groups is 1. The van der Waals surface area contributed by atoms with Crippen LogP contribution in [0.15, 0.2) is 0 Å². The van der Waals surface area contributed by atoms with Crippen molar-refractivity contribution in [3.63, 3.8) is 0 Å². The van der Waals surface area contributed by atoms with Gasteiger partial charge in [0.2, 0.25) is 0 Å². The van der Waals surface area contributed by atoms with E-state index in [-0.39, 0.29) is 6.10 Å². The lowest BCUT2D eigenvalue weighted by Crippen LogP contribution is -2.22. The van der Waals surface area contributed by atoms with Crippen molar-refractivity contribution in [3.8, 4) is 0 Å². The molecule has 0 heterocycles. The lowest BCUT2D eigenvalue weighted by atomic mass is 9.88. The molecule has 2 aliphatic rings. The van der Waals surface area contributed by atoms with E-state index in [2.05, 4.69) is 20.8 Å². The molecule has 0 saturated heterocycles. The molecular weight excluding hydrogens is 136 g/mol. The molecule has 1 nitrogen and oxygen atoms in total. The van der Waals surface area contributed by atoms with Gasteiger partial charge in [0.25, 0.3) is 0 Å². The molecule has 2 saturated carbocycles. The first-order valence-corrected chi connectivity index (χ1v) is 4.71. The molecule has 0 aromatic rings. The van der Waals surface area contributed by atoms with E-state index in [4.69, 9.17) is 0 Å². The maximum atomic E-state index is 9.61. The fourth-order valence-electron chi connectivity index (χ4n) is 2.84. The molecule has 2 fully saturated rings. The lowest BCUT2D eigenvalue weighted by molar-refractivity contribution is 0.0745. The summed E-state index contributed by atoms with van der Waals surface area (Å²) in [6.07, 6.45) is 2.29. The van der Waals surface area contributed by atoms with Crippen molar-refractivity contribution >= 4 is 0 Å². The van der Waals surface area contributed by atoms with Crippen molar-refractivity contribution in [1.82, 2.24) is 0 Å². The highest BCUT2D eigenvalue weighted by Gasteiger charge is 2.60. The summed E-state index contributed by atoms with van der Waals surface area (Å²) < 4.78 is 0. The van der Waals surface area contributed by atoms with E-state index in [1.165, 1.54) is 6.42 Å². The summed E-state index contributed by atoms with van der Waals surface area (Å²) in [7, 11) is 0. The van der Waals surface area contributed by atoms with Crippen LogP contribution in [0.2, 0.25) is 0 Å². The molecule has 0 radical (unpaired) electrons. The highest BCUT2D eigenvalue weighted by molar-refractivity contribution is 5.08. The van der Waals surface area contributed by atoms with E-state index in [1.807, 2.05) is 0 Å². The smallest absolute Gasteiger partial charge is 0.0568 e. The lowest BCUT2D eigenvalue weighted by Gasteiger charge is -2.22. The summed E-state index contributed by atoms with van der Waals surface area (Å²) in [4.78, 5) is 0. The van der Waals surface area contributed by atoms with Gasteiger partial charge in [0.15, 0.2) is 0 Å². The average Bonchev–Trinajstić information content (AvgIpc) is 2.39. The summed E-state index contributed by atoms with van der Waals surface area (Å²) in [5.41, 5.74) is 0.547. The number of hydrogen-bond donors (Lipinski definition) is 1. The SMILES string of the molecule is CC1C[C@@H]2[C@H](C[C@@H]1O)C2(C)C. The van der Waals surface area contributed by atoms with Gasteiger partial charge in [-0.3, -0.25) is 0 Å². The Labute approximate surface area is 68.8 Å². The predicted octanol–water partition coefficient (Wildman–Crippen LogP) is 2.05. The quantitative estimate of drug-likeness (QED) is 0.566. The van der Waals surface area contributed by atoms with Crippen LogP contribution in [-0.4, -0.2) is 11.2 Å². The Bertz CT molecular complexity index is 156. The molecule has 1 unspecified atom stereocenters. The standard InChI is InChI=1S/C10H18O/c1-6-4-7-8(5-9(6)11)10(7,2)3/h6-9,11H,4-5H2,1-3H3/t6?,7-,8+,9+/m1/s1. The molecule has 2 rings (SSSR count). The second kappa shape index (κ2) is 2.01. The van der Waals surface area contributed by atoms with Gasteiger partial charge in [0.05, 0.1) is 6.10 Å². The summed E-state index contributed by atoms with van der Waals surface area (Å²) in [5.74, 6) is 2.28. The van der Waals surface area contributed by atoms with Crippen molar-refractivity contribution < 1.29 is 5.11 Å². The summed E-state index contributed by atoms with van der Waals surface area (Å²) in [5, 5.41) is 9.61. The van der Waals surface area contributed by atoms with Gasteiger partial charge in [-0.15, -0.1) is 0 Å². The molecule has 64 valence electrons. The highest BCUT2D eigenvalue weighted by Crippen LogP contribution is 2.65. The molecular formula is C10H18O. The van der Waals surface area contributed by atoms with Crippen molar-refractivity contribution in [1.29, 1.82) is 0 Å². The number of rotatable bonds is 0. The van der Waals surface area contributed by atoms with E-state index in [9.17, 15) is 5.11 Å². The van der Waals surface area contributed by atoms with E-state index >= 15 is 0 Å². The monoisotopic (exact) mass is 154 g/mol. The molecule has 0 spiro atoms.